The summed E-state index contributed by atoms with van der Waals surface area (Å²) in [5, 5.41) is 25.1. The first-order valence-electron chi connectivity index (χ1n) is 2.52. The smallest absolute Gasteiger partial charge is 0.314 e. The number of hydrogen-bond acceptors (Lipinski definition) is 3. The fourth-order valence-corrected chi connectivity index (χ4v) is 0.185. The molecule has 65 valence electrons. The van der Waals surface area contributed by atoms with Crippen LogP contribution in [0.25, 0.3) is 0 Å². The van der Waals surface area contributed by atoms with Gasteiger partial charge in [-0.05, 0) is 6.92 Å². The van der Waals surface area contributed by atoms with E-state index in [1.165, 1.54) is 6.92 Å². The molecule has 0 saturated heterocycles. The molecule has 0 aromatic heterocycles. The van der Waals surface area contributed by atoms with E-state index < -0.39 is 24.6 Å². The molecule has 0 saturated carbocycles. The quantitative estimate of drug-likeness (QED) is 0.558. The standard InChI is InChI=1S/C5H10O4.Ag/c1-5(2-6,3-7)4(8)9;/h6-7H,2-3H2,1H3,(H,8,9);. The number of aliphatic hydroxyl groups excluding tert-OH is 2. The van der Waals surface area contributed by atoms with E-state index in [1.807, 2.05) is 0 Å². The molecular formula is C5H10AgO4. The zero-order valence-electron chi connectivity index (χ0n) is 5.47. The summed E-state index contributed by atoms with van der Waals surface area (Å²) in [5.41, 5.74) is -1.39. The number of hydrogen-bond donors (Lipinski definition) is 3. The molecule has 0 amide bonds. The Balaban J connectivity index is 0. The van der Waals surface area contributed by atoms with Gasteiger partial charge in [0.2, 0.25) is 0 Å². The minimum atomic E-state index is -1.39. The van der Waals surface area contributed by atoms with Gasteiger partial charge >= 0.3 is 5.97 Å². The van der Waals surface area contributed by atoms with Crippen molar-refractivity contribution in [1.29, 1.82) is 0 Å². The second-order valence-electron chi connectivity index (χ2n) is 2.18. The van der Waals surface area contributed by atoms with Crippen LogP contribution < -0.4 is 0 Å². The van der Waals surface area contributed by atoms with Crippen LogP contribution >= 0.6 is 0 Å². The van der Waals surface area contributed by atoms with E-state index in [1.54, 1.807) is 0 Å². The summed E-state index contributed by atoms with van der Waals surface area (Å²) < 4.78 is 0. The van der Waals surface area contributed by atoms with Crippen LogP contribution in [-0.2, 0) is 27.2 Å². The minimum absolute atomic E-state index is 0. The van der Waals surface area contributed by atoms with Gasteiger partial charge in [-0.15, -0.1) is 0 Å². The van der Waals surface area contributed by atoms with Gasteiger partial charge in [0.1, 0.15) is 5.41 Å². The molecule has 0 bridgehead atoms. The van der Waals surface area contributed by atoms with Crippen LogP contribution in [0.5, 0.6) is 0 Å². The summed E-state index contributed by atoms with van der Waals surface area (Å²) in [4.78, 5) is 10.2. The molecule has 0 fully saturated rings. The fraction of sp³-hybridized carbons (Fsp3) is 0.800. The SMILES string of the molecule is CC(CO)(CO)C(=O)O.[Ag]. The van der Waals surface area contributed by atoms with Crippen molar-refractivity contribution in [2.24, 2.45) is 5.41 Å². The zero-order valence-corrected chi connectivity index (χ0v) is 6.95. The van der Waals surface area contributed by atoms with E-state index in [0.717, 1.165) is 0 Å². The molecule has 4 nitrogen and oxygen atoms in total. The van der Waals surface area contributed by atoms with Gasteiger partial charge in [-0.2, -0.15) is 0 Å². The summed E-state index contributed by atoms with van der Waals surface area (Å²) in [6.07, 6.45) is 0. The Morgan fingerprint density at radius 3 is 1.70 bits per heavy atom. The normalized spacial score (nSPS) is 10.3. The molecule has 0 rings (SSSR count). The summed E-state index contributed by atoms with van der Waals surface area (Å²) in [6.45, 7) is 0.187. The van der Waals surface area contributed by atoms with E-state index in [2.05, 4.69) is 0 Å². The van der Waals surface area contributed by atoms with Crippen LogP contribution in [-0.4, -0.2) is 34.5 Å². The first-order valence-corrected chi connectivity index (χ1v) is 2.52. The number of carboxylic acids is 1. The monoisotopic (exact) mass is 241 g/mol. The van der Waals surface area contributed by atoms with Crippen molar-refractivity contribution >= 4 is 5.97 Å². The maximum Gasteiger partial charge on any atom is 0.314 e. The molecule has 0 aliphatic heterocycles. The second-order valence-corrected chi connectivity index (χ2v) is 2.18. The van der Waals surface area contributed by atoms with Crippen molar-refractivity contribution in [3.8, 4) is 0 Å². The third-order valence-electron chi connectivity index (χ3n) is 1.21. The van der Waals surface area contributed by atoms with Gasteiger partial charge in [0, 0.05) is 22.4 Å². The molecule has 0 heterocycles. The van der Waals surface area contributed by atoms with Crippen LogP contribution in [0.4, 0.5) is 0 Å². The van der Waals surface area contributed by atoms with Crippen molar-refractivity contribution in [2.45, 2.75) is 6.92 Å². The maximum absolute atomic E-state index is 10.2. The summed E-state index contributed by atoms with van der Waals surface area (Å²) in [7, 11) is 0. The van der Waals surface area contributed by atoms with Crippen LogP contribution in [0, 0.1) is 5.41 Å². The molecule has 0 spiro atoms. The Morgan fingerprint density at radius 2 is 1.70 bits per heavy atom. The van der Waals surface area contributed by atoms with E-state index in [-0.39, 0.29) is 22.4 Å². The second kappa shape index (κ2) is 4.87. The van der Waals surface area contributed by atoms with Gasteiger partial charge in [-0.1, -0.05) is 0 Å². The van der Waals surface area contributed by atoms with Crippen LogP contribution in [0.15, 0.2) is 0 Å². The van der Waals surface area contributed by atoms with Gasteiger partial charge in [0.25, 0.3) is 0 Å². The molecule has 10 heavy (non-hydrogen) atoms. The van der Waals surface area contributed by atoms with Gasteiger partial charge < -0.3 is 15.3 Å². The van der Waals surface area contributed by atoms with Crippen molar-refractivity contribution in [3.05, 3.63) is 0 Å². The molecule has 0 aliphatic rings. The molecule has 0 aliphatic carbocycles. The molecule has 3 N–H and O–H groups in total. The third-order valence-corrected chi connectivity index (χ3v) is 1.21. The first-order chi connectivity index (χ1) is 4.06. The Labute approximate surface area is 74.4 Å². The molecular weight excluding hydrogens is 232 g/mol. The van der Waals surface area contributed by atoms with Gasteiger partial charge in [-0.3, -0.25) is 4.79 Å². The zero-order chi connectivity index (χ0) is 7.49. The molecule has 0 aromatic rings. The minimum Gasteiger partial charge on any atom is -0.481 e. The molecule has 0 aromatic carbocycles. The summed E-state index contributed by atoms with van der Waals surface area (Å²) in [6, 6.07) is 0. The van der Waals surface area contributed by atoms with Crippen molar-refractivity contribution < 1.29 is 42.5 Å². The van der Waals surface area contributed by atoms with Crippen LogP contribution in [0.3, 0.4) is 0 Å². The molecule has 5 heteroatoms. The maximum atomic E-state index is 10.2. The number of carbonyl (C=O) groups is 1. The number of carboxylic acid groups (broad SMARTS) is 1. The predicted octanol–water partition coefficient (Wildman–Crippen LogP) is -0.941. The Hall–Kier alpha value is 0.130. The van der Waals surface area contributed by atoms with Crippen molar-refractivity contribution in [1.82, 2.24) is 0 Å². The third kappa shape index (κ3) is 2.81. The molecule has 1 radical (unpaired) electrons. The summed E-state index contributed by atoms with van der Waals surface area (Å²) >= 11 is 0. The topological polar surface area (TPSA) is 77.8 Å². The van der Waals surface area contributed by atoms with Crippen LogP contribution in [0.2, 0.25) is 0 Å². The molecule has 0 unspecified atom stereocenters. The van der Waals surface area contributed by atoms with Gasteiger partial charge in [0.05, 0.1) is 13.2 Å². The number of aliphatic hydroxyl groups is 2. The Kier molecular flexibility index (Phi) is 6.22. The van der Waals surface area contributed by atoms with E-state index >= 15 is 0 Å². The van der Waals surface area contributed by atoms with E-state index in [9.17, 15) is 4.79 Å². The van der Waals surface area contributed by atoms with Gasteiger partial charge in [0.15, 0.2) is 0 Å². The van der Waals surface area contributed by atoms with Crippen molar-refractivity contribution in [2.75, 3.05) is 13.2 Å². The average Bonchev–Trinajstić information content (AvgIpc) is 1.86. The predicted molar refractivity (Wildman–Crippen MR) is 29.9 cm³/mol. The summed E-state index contributed by atoms with van der Waals surface area (Å²) in [5.74, 6) is -1.19. The number of aliphatic carboxylic acids is 1. The largest absolute Gasteiger partial charge is 0.481 e. The Bertz CT molecular complexity index is 110. The molecule has 0 atom stereocenters. The van der Waals surface area contributed by atoms with Crippen LogP contribution in [0.1, 0.15) is 6.92 Å². The first kappa shape index (κ1) is 12.8. The number of rotatable bonds is 3. The fourth-order valence-electron chi connectivity index (χ4n) is 0.185. The van der Waals surface area contributed by atoms with E-state index in [0.29, 0.717) is 0 Å². The average molecular weight is 242 g/mol. The van der Waals surface area contributed by atoms with Gasteiger partial charge in [-0.25, -0.2) is 0 Å². The van der Waals surface area contributed by atoms with Crippen molar-refractivity contribution in [3.63, 3.8) is 0 Å². The Morgan fingerprint density at radius 1 is 1.40 bits per heavy atom. The van der Waals surface area contributed by atoms with E-state index in [4.69, 9.17) is 15.3 Å².